The normalized spacial score (nSPS) is 22.3. The summed E-state index contributed by atoms with van der Waals surface area (Å²) in [5.41, 5.74) is 0. The van der Waals surface area contributed by atoms with Crippen molar-refractivity contribution in [1.29, 1.82) is 0 Å². The van der Waals surface area contributed by atoms with E-state index in [0.29, 0.717) is 19.0 Å². The molecule has 1 saturated heterocycles. The smallest absolute Gasteiger partial charge is 0.326 e. The van der Waals surface area contributed by atoms with Gasteiger partial charge in [-0.3, -0.25) is 4.79 Å². The van der Waals surface area contributed by atoms with E-state index in [1.54, 1.807) is 0 Å². The number of carbonyl (C=O) groups excluding carboxylic acids is 2. The van der Waals surface area contributed by atoms with Crippen LogP contribution < -0.4 is 10.6 Å². The Morgan fingerprint density at radius 2 is 1.86 bits per heavy atom. The number of carboxylic acids is 1. The average molecular weight is 297 g/mol. The first-order valence-electron chi connectivity index (χ1n) is 7.64. The SMILES string of the molecule is O=C(CCNC(=O)N1CCCCCC1C(=O)O)NC1CC1. The Morgan fingerprint density at radius 3 is 2.52 bits per heavy atom. The molecular formula is C14H23N3O4. The minimum atomic E-state index is -0.960. The van der Waals surface area contributed by atoms with Crippen molar-refractivity contribution in [3.63, 3.8) is 0 Å². The zero-order valence-corrected chi connectivity index (χ0v) is 12.1. The molecule has 1 saturated carbocycles. The summed E-state index contributed by atoms with van der Waals surface area (Å²) >= 11 is 0. The van der Waals surface area contributed by atoms with E-state index in [-0.39, 0.29) is 24.9 Å². The maximum atomic E-state index is 12.1. The van der Waals surface area contributed by atoms with E-state index >= 15 is 0 Å². The number of carboxylic acid groups (broad SMARTS) is 1. The van der Waals surface area contributed by atoms with Gasteiger partial charge in [-0.15, -0.1) is 0 Å². The van der Waals surface area contributed by atoms with Crippen molar-refractivity contribution >= 4 is 17.9 Å². The Morgan fingerprint density at radius 1 is 1.10 bits per heavy atom. The number of hydrogen-bond donors (Lipinski definition) is 3. The van der Waals surface area contributed by atoms with Crippen molar-refractivity contribution in [2.24, 2.45) is 0 Å². The van der Waals surface area contributed by atoms with E-state index in [1.807, 2.05) is 0 Å². The standard InChI is InChI=1S/C14H23N3O4/c18-12(16-10-5-6-10)7-8-15-14(21)17-9-3-1-2-4-11(17)13(19)20/h10-11H,1-9H2,(H,15,21)(H,16,18)(H,19,20). The van der Waals surface area contributed by atoms with Gasteiger partial charge in [0.1, 0.15) is 6.04 Å². The highest BCUT2D eigenvalue weighted by molar-refractivity contribution is 5.83. The lowest BCUT2D eigenvalue weighted by Gasteiger charge is -2.27. The zero-order chi connectivity index (χ0) is 15.2. The molecule has 1 aliphatic heterocycles. The van der Waals surface area contributed by atoms with Crippen molar-refractivity contribution in [3.8, 4) is 0 Å². The molecule has 3 amide bonds. The fraction of sp³-hybridized carbons (Fsp3) is 0.786. The van der Waals surface area contributed by atoms with Crippen LogP contribution in [-0.4, -0.2) is 53.1 Å². The van der Waals surface area contributed by atoms with Gasteiger partial charge in [0.15, 0.2) is 0 Å². The second kappa shape index (κ2) is 7.28. The van der Waals surface area contributed by atoms with Crippen LogP contribution in [0.25, 0.3) is 0 Å². The maximum Gasteiger partial charge on any atom is 0.326 e. The molecule has 1 heterocycles. The number of aliphatic carboxylic acids is 1. The van der Waals surface area contributed by atoms with Crippen LogP contribution in [0.3, 0.4) is 0 Å². The molecule has 118 valence electrons. The van der Waals surface area contributed by atoms with Gasteiger partial charge in [-0.05, 0) is 25.7 Å². The zero-order valence-electron chi connectivity index (χ0n) is 12.1. The van der Waals surface area contributed by atoms with Crippen LogP contribution in [-0.2, 0) is 9.59 Å². The number of nitrogens with zero attached hydrogens (tertiary/aromatic N) is 1. The molecule has 2 rings (SSSR count). The van der Waals surface area contributed by atoms with Gasteiger partial charge in [0.25, 0.3) is 0 Å². The van der Waals surface area contributed by atoms with Crippen molar-refractivity contribution in [2.75, 3.05) is 13.1 Å². The number of rotatable bonds is 5. The fourth-order valence-corrected chi connectivity index (χ4v) is 2.52. The highest BCUT2D eigenvalue weighted by Crippen LogP contribution is 2.18. The molecule has 0 aromatic carbocycles. The molecule has 21 heavy (non-hydrogen) atoms. The first-order chi connectivity index (χ1) is 10.1. The second-order valence-corrected chi connectivity index (χ2v) is 5.72. The molecule has 0 aromatic heterocycles. The Hall–Kier alpha value is -1.79. The number of amides is 3. The molecule has 1 atom stereocenters. The summed E-state index contributed by atoms with van der Waals surface area (Å²) in [6.45, 7) is 0.692. The van der Waals surface area contributed by atoms with Gasteiger partial charge in [-0.25, -0.2) is 9.59 Å². The highest BCUT2D eigenvalue weighted by Gasteiger charge is 2.30. The molecule has 1 aliphatic carbocycles. The lowest BCUT2D eigenvalue weighted by Crippen LogP contribution is -2.49. The largest absolute Gasteiger partial charge is 0.480 e. The minimum absolute atomic E-state index is 0.0662. The number of likely N-dealkylation sites (tertiary alicyclic amines) is 1. The molecule has 0 bridgehead atoms. The van der Waals surface area contributed by atoms with E-state index in [9.17, 15) is 19.5 Å². The lowest BCUT2D eigenvalue weighted by atomic mass is 10.1. The number of hydrogen-bond acceptors (Lipinski definition) is 3. The molecule has 7 heteroatoms. The van der Waals surface area contributed by atoms with Crippen LogP contribution in [0.2, 0.25) is 0 Å². The molecule has 2 fully saturated rings. The molecule has 3 N–H and O–H groups in total. The van der Waals surface area contributed by atoms with Gasteiger partial charge in [0.05, 0.1) is 0 Å². The Kier molecular flexibility index (Phi) is 5.41. The van der Waals surface area contributed by atoms with Crippen LogP contribution in [0.5, 0.6) is 0 Å². The van der Waals surface area contributed by atoms with Gasteiger partial charge in [0, 0.05) is 25.6 Å². The fourth-order valence-electron chi connectivity index (χ4n) is 2.52. The Bertz CT molecular complexity index is 409. The monoisotopic (exact) mass is 297 g/mol. The van der Waals surface area contributed by atoms with E-state index in [4.69, 9.17) is 0 Å². The number of carbonyl (C=O) groups is 3. The van der Waals surface area contributed by atoms with Gasteiger partial charge in [-0.2, -0.15) is 0 Å². The molecule has 0 spiro atoms. The summed E-state index contributed by atoms with van der Waals surface area (Å²) in [5, 5.41) is 14.7. The summed E-state index contributed by atoms with van der Waals surface area (Å²) in [6.07, 6.45) is 5.37. The highest BCUT2D eigenvalue weighted by atomic mass is 16.4. The molecule has 1 unspecified atom stereocenters. The summed E-state index contributed by atoms with van der Waals surface area (Å²) in [7, 11) is 0. The minimum Gasteiger partial charge on any atom is -0.480 e. The van der Waals surface area contributed by atoms with Crippen LogP contribution in [0.1, 0.15) is 44.9 Å². The van der Waals surface area contributed by atoms with Gasteiger partial charge < -0.3 is 20.6 Å². The van der Waals surface area contributed by atoms with Gasteiger partial charge in [-0.1, -0.05) is 12.8 Å². The van der Waals surface area contributed by atoms with Crippen molar-refractivity contribution in [1.82, 2.24) is 15.5 Å². The predicted molar refractivity (Wildman–Crippen MR) is 75.8 cm³/mol. The molecule has 0 radical (unpaired) electrons. The van der Waals surface area contributed by atoms with E-state index in [0.717, 1.165) is 32.1 Å². The third-order valence-electron chi connectivity index (χ3n) is 3.87. The number of urea groups is 1. The van der Waals surface area contributed by atoms with E-state index < -0.39 is 12.0 Å². The first kappa shape index (κ1) is 15.6. The average Bonchev–Trinajstić information content (AvgIpc) is 3.23. The van der Waals surface area contributed by atoms with Crippen molar-refractivity contribution in [2.45, 2.75) is 57.0 Å². The predicted octanol–water partition coefficient (Wildman–Crippen LogP) is 0.694. The van der Waals surface area contributed by atoms with Gasteiger partial charge in [0.2, 0.25) is 5.91 Å². The summed E-state index contributed by atoms with van der Waals surface area (Å²) in [4.78, 5) is 36.2. The third-order valence-corrected chi connectivity index (χ3v) is 3.87. The van der Waals surface area contributed by atoms with Crippen LogP contribution in [0, 0.1) is 0 Å². The molecule has 2 aliphatic rings. The third kappa shape index (κ3) is 4.91. The Balaban J connectivity index is 1.76. The van der Waals surface area contributed by atoms with Crippen LogP contribution >= 0.6 is 0 Å². The van der Waals surface area contributed by atoms with E-state index in [2.05, 4.69) is 10.6 Å². The maximum absolute atomic E-state index is 12.1. The molecule has 7 nitrogen and oxygen atoms in total. The summed E-state index contributed by atoms with van der Waals surface area (Å²) in [6, 6.07) is -0.827. The van der Waals surface area contributed by atoms with Crippen molar-refractivity contribution in [3.05, 3.63) is 0 Å². The van der Waals surface area contributed by atoms with Crippen LogP contribution in [0.4, 0.5) is 4.79 Å². The topological polar surface area (TPSA) is 98.7 Å². The first-order valence-corrected chi connectivity index (χ1v) is 7.64. The molecule has 0 aromatic rings. The second-order valence-electron chi connectivity index (χ2n) is 5.72. The summed E-state index contributed by atoms with van der Waals surface area (Å²) in [5.74, 6) is -1.03. The van der Waals surface area contributed by atoms with E-state index in [1.165, 1.54) is 4.90 Å². The number of nitrogens with one attached hydrogen (secondary N) is 2. The van der Waals surface area contributed by atoms with Crippen LogP contribution in [0.15, 0.2) is 0 Å². The summed E-state index contributed by atoms with van der Waals surface area (Å²) < 4.78 is 0. The Labute approximate surface area is 124 Å². The molecular weight excluding hydrogens is 274 g/mol. The lowest BCUT2D eigenvalue weighted by molar-refractivity contribution is -0.142. The quantitative estimate of drug-likeness (QED) is 0.695. The van der Waals surface area contributed by atoms with Crippen molar-refractivity contribution < 1.29 is 19.5 Å². The van der Waals surface area contributed by atoms with Gasteiger partial charge >= 0.3 is 12.0 Å².